The fraction of sp³-hybridized carbons (Fsp3) is 0.348. The first-order valence-electron chi connectivity index (χ1n) is 11.0. The number of nitrogen functional groups attached to an aromatic ring is 1. The molecular formula is C23H28FN7OS. The molecule has 3 aromatic rings. The molecule has 10 heteroatoms. The summed E-state index contributed by atoms with van der Waals surface area (Å²) in [6.07, 6.45) is 0.225. The predicted molar refractivity (Wildman–Crippen MR) is 130 cm³/mol. The lowest BCUT2D eigenvalue weighted by molar-refractivity contribution is -0.113. The van der Waals surface area contributed by atoms with Crippen molar-refractivity contribution in [1.82, 2.24) is 19.8 Å². The van der Waals surface area contributed by atoms with Crippen LogP contribution in [0.3, 0.4) is 0 Å². The number of hydrogen-bond donors (Lipinski definition) is 2. The van der Waals surface area contributed by atoms with Gasteiger partial charge in [-0.3, -0.25) is 4.79 Å². The molecule has 1 saturated heterocycles. The summed E-state index contributed by atoms with van der Waals surface area (Å²) in [4.78, 5) is 17.2. The third-order valence-corrected chi connectivity index (χ3v) is 6.65. The number of nitrogens with one attached hydrogen (secondary N) is 1. The summed E-state index contributed by atoms with van der Waals surface area (Å²) in [7, 11) is 0. The maximum absolute atomic E-state index is 13.9. The van der Waals surface area contributed by atoms with Crippen LogP contribution in [-0.2, 0) is 11.2 Å². The minimum absolute atomic E-state index is 0.135. The number of benzene rings is 2. The Bertz CT molecular complexity index is 1080. The molecule has 1 fully saturated rings. The van der Waals surface area contributed by atoms with Gasteiger partial charge in [-0.05, 0) is 42.4 Å². The van der Waals surface area contributed by atoms with Crippen molar-refractivity contribution in [3.63, 3.8) is 0 Å². The van der Waals surface area contributed by atoms with E-state index in [1.165, 1.54) is 22.5 Å². The highest BCUT2D eigenvalue weighted by atomic mass is 32.2. The number of aromatic nitrogens is 3. The summed E-state index contributed by atoms with van der Waals surface area (Å²) in [5, 5.41) is 11.4. The van der Waals surface area contributed by atoms with Crippen LogP contribution in [0.15, 0.2) is 53.7 Å². The Balaban J connectivity index is 1.27. The van der Waals surface area contributed by atoms with Crippen LogP contribution < -0.4 is 16.1 Å². The standard InChI is InChI=1S/C23H28FN7OS/c1-2-29-11-13-30(14-12-29)19-9-7-18(8-10-19)26-22(32)16-33-23-28-27-21(31(23)25)15-17-5-3-4-6-20(17)24/h3-10H,2,11-16,25H2,1H3,(H,26,32). The Morgan fingerprint density at radius 1 is 1.09 bits per heavy atom. The van der Waals surface area contributed by atoms with Crippen molar-refractivity contribution in [2.24, 2.45) is 0 Å². The van der Waals surface area contributed by atoms with Crippen molar-refractivity contribution in [3.8, 4) is 0 Å². The van der Waals surface area contributed by atoms with E-state index in [0.29, 0.717) is 16.5 Å². The molecule has 3 N–H and O–H groups in total. The lowest BCUT2D eigenvalue weighted by atomic mass is 10.1. The van der Waals surface area contributed by atoms with Crippen LogP contribution in [0, 0.1) is 5.82 Å². The summed E-state index contributed by atoms with van der Waals surface area (Å²) in [6, 6.07) is 14.4. The lowest BCUT2D eigenvalue weighted by Crippen LogP contribution is -2.46. The second kappa shape index (κ2) is 10.7. The summed E-state index contributed by atoms with van der Waals surface area (Å²) in [5.74, 6) is 6.14. The van der Waals surface area contributed by atoms with E-state index >= 15 is 0 Å². The van der Waals surface area contributed by atoms with Gasteiger partial charge < -0.3 is 21.0 Å². The van der Waals surface area contributed by atoms with Crippen molar-refractivity contribution in [3.05, 3.63) is 65.7 Å². The van der Waals surface area contributed by atoms with Gasteiger partial charge in [-0.2, -0.15) is 0 Å². The Hall–Kier alpha value is -3.11. The summed E-state index contributed by atoms with van der Waals surface area (Å²) in [6.45, 7) is 7.43. The number of halogens is 1. The smallest absolute Gasteiger partial charge is 0.234 e. The number of anilines is 2. The molecule has 0 spiro atoms. The molecule has 1 aliphatic rings. The van der Waals surface area contributed by atoms with Crippen molar-refractivity contribution >= 4 is 29.0 Å². The number of likely N-dealkylation sites (N-methyl/N-ethyl adjacent to an activating group) is 1. The van der Waals surface area contributed by atoms with E-state index < -0.39 is 0 Å². The summed E-state index contributed by atoms with van der Waals surface area (Å²) in [5.41, 5.74) is 2.39. The Morgan fingerprint density at radius 3 is 2.52 bits per heavy atom. The first-order valence-corrected chi connectivity index (χ1v) is 11.9. The van der Waals surface area contributed by atoms with E-state index in [1.54, 1.807) is 18.2 Å². The van der Waals surface area contributed by atoms with Crippen LogP contribution in [0.5, 0.6) is 0 Å². The molecule has 1 aromatic heterocycles. The van der Waals surface area contributed by atoms with Crippen LogP contribution in [-0.4, -0.2) is 64.2 Å². The van der Waals surface area contributed by atoms with Gasteiger partial charge in [0.1, 0.15) is 5.82 Å². The minimum Gasteiger partial charge on any atom is -0.369 e. The number of piperazine rings is 1. The fourth-order valence-electron chi connectivity index (χ4n) is 3.74. The SMILES string of the molecule is CCN1CCN(c2ccc(NC(=O)CSc3nnc(Cc4ccccc4F)n3N)cc2)CC1. The monoisotopic (exact) mass is 469 g/mol. The normalized spacial score (nSPS) is 14.4. The number of amides is 1. The number of carbonyl (C=O) groups excluding carboxylic acids is 1. The van der Waals surface area contributed by atoms with Gasteiger partial charge >= 0.3 is 0 Å². The molecule has 2 aromatic carbocycles. The number of thioether (sulfide) groups is 1. The highest BCUT2D eigenvalue weighted by Gasteiger charge is 2.17. The molecule has 0 unspecified atom stereocenters. The molecule has 4 rings (SSSR count). The lowest BCUT2D eigenvalue weighted by Gasteiger charge is -2.35. The molecule has 8 nitrogen and oxygen atoms in total. The number of nitrogens with two attached hydrogens (primary N) is 1. The number of carbonyl (C=O) groups is 1. The van der Waals surface area contributed by atoms with E-state index in [4.69, 9.17) is 5.84 Å². The zero-order chi connectivity index (χ0) is 23.2. The molecule has 33 heavy (non-hydrogen) atoms. The van der Waals surface area contributed by atoms with E-state index in [1.807, 2.05) is 24.3 Å². The van der Waals surface area contributed by atoms with Crippen LogP contribution in [0.25, 0.3) is 0 Å². The third kappa shape index (κ3) is 5.82. The molecular weight excluding hydrogens is 441 g/mol. The largest absolute Gasteiger partial charge is 0.369 e. The summed E-state index contributed by atoms with van der Waals surface area (Å²) < 4.78 is 15.2. The molecule has 1 aliphatic heterocycles. The second-order valence-electron chi connectivity index (χ2n) is 7.84. The molecule has 174 valence electrons. The average Bonchev–Trinajstić information content (AvgIpc) is 3.19. The maximum Gasteiger partial charge on any atom is 0.234 e. The quantitative estimate of drug-likeness (QED) is 0.387. The zero-order valence-corrected chi connectivity index (χ0v) is 19.4. The first-order chi connectivity index (χ1) is 16.0. The van der Waals surface area contributed by atoms with Gasteiger partial charge in [-0.15, -0.1) is 10.2 Å². The third-order valence-electron chi connectivity index (χ3n) is 5.71. The van der Waals surface area contributed by atoms with Crippen molar-refractivity contribution in [2.45, 2.75) is 18.5 Å². The van der Waals surface area contributed by atoms with E-state index in [0.717, 1.165) is 44.1 Å². The zero-order valence-electron chi connectivity index (χ0n) is 18.6. The van der Waals surface area contributed by atoms with E-state index in [2.05, 4.69) is 32.2 Å². The maximum atomic E-state index is 13.9. The minimum atomic E-state index is -0.316. The van der Waals surface area contributed by atoms with Crippen molar-refractivity contribution in [2.75, 3.05) is 54.5 Å². The second-order valence-corrected chi connectivity index (χ2v) is 8.78. The highest BCUT2D eigenvalue weighted by Crippen LogP contribution is 2.21. The van der Waals surface area contributed by atoms with Crippen LogP contribution >= 0.6 is 11.8 Å². The topological polar surface area (TPSA) is 92.3 Å². The van der Waals surface area contributed by atoms with Gasteiger partial charge in [-0.1, -0.05) is 36.9 Å². The van der Waals surface area contributed by atoms with Crippen LogP contribution in [0.4, 0.5) is 15.8 Å². The van der Waals surface area contributed by atoms with Crippen molar-refractivity contribution < 1.29 is 9.18 Å². The van der Waals surface area contributed by atoms with Gasteiger partial charge in [0.2, 0.25) is 11.1 Å². The Labute approximate surface area is 196 Å². The van der Waals surface area contributed by atoms with Gasteiger partial charge in [0, 0.05) is 44.0 Å². The van der Waals surface area contributed by atoms with E-state index in [-0.39, 0.29) is 23.9 Å². The summed E-state index contributed by atoms with van der Waals surface area (Å²) >= 11 is 1.18. The fourth-order valence-corrected chi connectivity index (χ4v) is 4.42. The van der Waals surface area contributed by atoms with Crippen LogP contribution in [0.1, 0.15) is 18.3 Å². The molecule has 0 bridgehead atoms. The Morgan fingerprint density at radius 2 is 1.82 bits per heavy atom. The predicted octanol–water partition coefficient (Wildman–Crippen LogP) is 2.59. The van der Waals surface area contributed by atoms with Crippen LogP contribution in [0.2, 0.25) is 0 Å². The molecule has 0 saturated carbocycles. The average molecular weight is 470 g/mol. The van der Waals surface area contributed by atoms with Gasteiger partial charge in [0.15, 0.2) is 5.82 Å². The first kappa shape index (κ1) is 23.1. The molecule has 1 amide bonds. The van der Waals surface area contributed by atoms with Gasteiger partial charge in [0.05, 0.1) is 5.75 Å². The van der Waals surface area contributed by atoms with E-state index in [9.17, 15) is 9.18 Å². The number of rotatable bonds is 8. The van der Waals surface area contributed by atoms with Gasteiger partial charge in [-0.25, -0.2) is 9.07 Å². The molecule has 2 heterocycles. The molecule has 0 aliphatic carbocycles. The van der Waals surface area contributed by atoms with Gasteiger partial charge in [0.25, 0.3) is 0 Å². The number of hydrogen-bond acceptors (Lipinski definition) is 7. The number of nitrogens with zero attached hydrogens (tertiary/aromatic N) is 5. The molecule has 0 radical (unpaired) electrons. The molecule has 0 atom stereocenters. The highest BCUT2D eigenvalue weighted by molar-refractivity contribution is 7.99. The van der Waals surface area contributed by atoms with Crippen molar-refractivity contribution in [1.29, 1.82) is 0 Å². The Kier molecular flexibility index (Phi) is 7.46.